The Balaban J connectivity index is 1.54. The zero-order valence-electron chi connectivity index (χ0n) is 9.77. The van der Waals surface area contributed by atoms with Crippen LogP contribution in [0.3, 0.4) is 0 Å². The van der Waals surface area contributed by atoms with Crippen molar-refractivity contribution in [3.05, 3.63) is 18.2 Å². The number of nitrogens with one attached hydrogen (secondary N) is 1. The molecule has 0 atom stereocenters. The van der Waals surface area contributed by atoms with E-state index in [4.69, 9.17) is 0 Å². The second kappa shape index (κ2) is 4.56. The molecule has 1 N–H and O–H groups in total. The van der Waals surface area contributed by atoms with E-state index in [1.807, 2.05) is 0 Å². The van der Waals surface area contributed by atoms with Gasteiger partial charge in [0.2, 0.25) is 5.95 Å². The van der Waals surface area contributed by atoms with E-state index >= 15 is 0 Å². The van der Waals surface area contributed by atoms with Crippen molar-refractivity contribution in [1.82, 2.24) is 15.3 Å². The van der Waals surface area contributed by atoms with Gasteiger partial charge in [-0.15, -0.1) is 0 Å². The highest BCUT2D eigenvalue weighted by Gasteiger charge is 2.27. The topological polar surface area (TPSA) is 41.1 Å². The molecule has 0 aromatic carbocycles. The highest BCUT2D eigenvalue weighted by molar-refractivity contribution is 5.29. The molecule has 0 unspecified atom stereocenters. The Labute approximate surface area is 100 Å². The van der Waals surface area contributed by atoms with Crippen LogP contribution in [0.25, 0.3) is 0 Å². The molecule has 1 aromatic rings. The maximum absolute atomic E-state index is 12.7. The minimum absolute atomic E-state index is 0.376. The molecule has 4 nitrogen and oxygen atoms in total. The summed E-state index contributed by atoms with van der Waals surface area (Å²) in [6, 6.07) is 1.41. The third kappa shape index (κ3) is 2.72. The molecule has 17 heavy (non-hydrogen) atoms. The summed E-state index contributed by atoms with van der Waals surface area (Å²) < 4.78 is 12.7. The van der Waals surface area contributed by atoms with Gasteiger partial charge in [0.1, 0.15) is 0 Å². The molecule has 0 spiro atoms. The second-order valence-electron chi connectivity index (χ2n) is 4.90. The van der Waals surface area contributed by atoms with Crippen LogP contribution in [0.1, 0.15) is 25.7 Å². The molecule has 2 aliphatic rings. The summed E-state index contributed by atoms with van der Waals surface area (Å²) in [6.45, 7) is 1.91. The van der Waals surface area contributed by atoms with Crippen LogP contribution in [0.2, 0.25) is 0 Å². The molecular formula is C12H17FN4. The lowest BCUT2D eigenvalue weighted by atomic mass is 10.1. The summed E-state index contributed by atoms with van der Waals surface area (Å²) in [5.41, 5.74) is 0. The monoisotopic (exact) mass is 236 g/mol. The fourth-order valence-corrected chi connectivity index (χ4v) is 2.30. The number of hydrogen-bond acceptors (Lipinski definition) is 4. The van der Waals surface area contributed by atoms with Crippen molar-refractivity contribution < 1.29 is 4.39 Å². The SMILES string of the molecule is Fc1cnc(N2CCC(NC3CC3)CC2)nc1. The zero-order chi connectivity index (χ0) is 11.7. The second-order valence-corrected chi connectivity index (χ2v) is 4.90. The predicted molar refractivity (Wildman–Crippen MR) is 63.4 cm³/mol. The number of nitrogens with zero attached hydrogens (tertiary/aromatic N) is 3. The minimum Gasteiger partial charge on any atom is -0.341 e. The van der Waals surface area contributed by atoms with E-state index in [2.05, 4.69) is 20.2 Å². The van der Waals surface area contributed by atoms with E-state index in [0.29, 0.717) is 12.0 Å². The lowest BCUT2D eigenvalue weighted by molar-refractivity contribution is 0.409. The minimum atomic E-state index is -0.376. The van der Waals surface area contributed by atoms with Crippen LogP contribution < -0.4 is 10.2 Å². The van der Waals surface area contributed by atoms with Crippen molar-refractivity contribution in [2.75, 3.05) is 18.0 Å². The van der Waals surface area contributed by atoms with E-state index in [-0.39, 0.29) is 5.82 Å². The van der Waals surface area contributed by atoms with Crippen LogP contribution in [0.4, 0.5) is 10.3 Å². The first-order valence-corrected chi connectivity index (χ1v) is 6.30. The lowest BCUT2D eigenvalue weighted by Gasteiger charge is -2.32. The van der Waals surface area contributed by atoms with Gasteiger partial charge in [-0.2, -0.15) is 0 Å². The van der Waals surface area contributed by atoms with Gasteiger partial charge >= 0.3 is 0 Å². The Morgan fingerprint density at radius 1 is 1.06 bits per heavy atom. The Hall–Kier alpha value is -1.23. The summed E-state index contributed by atoms with van der Waals surface area (Å²) in [4.78, 5) is 10.2. The molecule has 2 fully saturated rings. The molecule has 0 radical (unpaired) electrons. The highest BCUT2D eigenvalue weighted by atomic mass is 19.1. The summed E-state index contributed by atoms with van der Waals surface area (Å²) in [5, 5.41) is 3.65. The Kier molecular flexibility index (Phi) is 2.93. The van der Waals surface area contributed by atoms with Gasteiger partial charge in [0.25, 0.3) is 0 Å². The quantitative estimate of drug-likeness (QED) is 0.859. The maximum Gasteiger partial charge on any atom is 0.225 e. The molecule has 1 aromatic heterocycles. The van der Waals surface area contributed by atoms with Crippen molar-refractivity contribution in [1.29, 1.82) is 0 Å². The third-order valence-corrected chi connectivity index (χ3v) is 3.43. The smallest absolute Gasteiger partial charge is 0.225 e. The largest absolute Gasteiger partial charge is 0.341 e. The van der Waals surface area contributed by atoms with E-state index in [9.17, 15) is 4.39 Å². The Bertz CT molecular complexity index is 369. The third-order valence-electron chi connectivity index (χ3n) is 3.43. The van der Waals surface area contributed by atoms with Crippen LogP contribution >= 0.6 is 0 Å². The predicted octanol–water partition coefficient (Wildman–Crippen LogP) is 1.34. The van der Waals surface area contributed by atoms with Crippen LogP contribution in [0, 0.1) is 5.82 Å². The summed E-state index contributed by atoms with van der Waals surface area (Å²) in [5.74, 6) is 0.273. The van der Waals surface area contributed by atoms with Crippen LogP contribution in [-0.2, 0) is 0 Å². The fourth-order valence-electron chi connectivity index (χ4n) is 2.30. The average molecular weight is 236 g/mol. The Morgan fingerprint density at radius 2 is 1.65 bits per heavy atom. The van der Waals surface area contributed by atoms with Crippen molar-refractivity contribution in [3.8, 4) is 0 Å². The first-order chi connectivity index (χ1) is 8.31. The van der Waals surface area contributed by atoms with E-state index in [0.717, 1.165) is 32.0 Å². The molecule has 1 saturated heterocycles. The first-order valence-electron chi connectivity index (χ1n) is 6.30. The summed E-state index contributed by atoms with van der Waals surface area (Å²) in [6.07, 6.45) is 7.38. The number of anilines is 1. The van der Waals surface area contributed by atoms with Gasteiger partial charge in [0.05, 0.1) is 12.4 Å². The molecule has 1 saturated carbocycles. The van der Waals surface area contributed by atoms with Gasteiger partial charge in [-0.25, -0.2) is 14.4 Å². The van der Waals surface area contributed by atoms with Crippen LogP contribution in [0.15, 0.2) is 12.4 Å². The van der Waals surface area contributed by atoms with Gasteiger partial charge in [0, 0.05) is 25.2 Å². The molecule has 1 aliphatic heterocycles. The van der Waals surface area contributed by atoms with Crippen LogP contribution in [0.5, 0.6) is 0 Å². The highest BCUT2D eigenvalue weighted by Crippen LogP contribution is 2.23. The van der Waals surface area contributed by atoms with Gasteiger partial charge < -0.3 is 10.2 Å². The average Bonchev–Trinajstić information content (AvgIpc) is 3.15. The van der Waals surface area contributed by atoms with Crippen LogP contribution in [-0.4, -0.2) is 35.1 Å². The molecule has 92 valence electrons. The molecule has 3 rings (SSSR count). The molecule has 5 heteroatoms. The number of aromatic nitrogens is 2. The van der Waals surface area contributed by atoms with E-state index in [1.54, 1.807) is 0 Å². The molecule has 1 aliphatic carbocycles. The first kappa shape index (κ1) is 10.9. The number of halogens is 1. The molecule has 2 heterocycles. The maximum atomic E-state index is 12.7. The number of piperidine rings is 1. The van der Waals surface area contributed by atoms with Crippen molar-refractivity contribution >= 4 is 5.95 Å². The molecule has 0 bridgehead atoms. The Morgan fingerprint density at radius 3 is 2.24 bits per heavy atom. The molecular weight excluding hydrogens is 219 g/mol. The fraction of sp³-hybridized carbons (Fsp3) is 0.667. The zero-order valence-corrected chi connectivity index (χ0v) is 9.77. The van der Waals surface area contributed by atoms with E-state index in [1.165, 1.54) is 25.2 Å². The van der Waals surface area contributed by atoms with Gasteiger partial charge in [-0.3, -0.25) is 0 Å². The number of rotatable bonds is 3. The van der Waals surface area contributed by atoms with Crippen molar-refractivity contribution in [2.24, 2.45) is 0 Å². The van der Waals surface area contributed by atoms with Crippen molar-refractivity contribution in [3.63, 3.8) is 0 Å². The lowest BCUT2D eigenvalue weighted by Crippen LogP contribution is -2.43. The normalized spacial score (nSPS) is 21.8. The number of hydrogen-bond donors (Lipinski definition) is 1. The summed E-state index contributed by atoms with van der Waals surface area (Å²) >= 11 is 0. The standard InChI is InChI=1S/C12H17FN4/c13-9-7-14-12(15-8-9)17-5-3-11(4-6-17)16-10-1-2-10/h7-8,10-11,16H,1-6H2. The van der Waals surface area contributed by atoms with E-state index < -0.39 is 0 Å². The van der Waals surface area contributed by atoms with Gasteiger partial charge in [-0.05, 0) is 25.7 Å². The molecule has 0 amide bonds. The summed E-state index contributed by atoms with van der Waals surface area (Å²) in [7, 11) is 0. The van der Waals surface area contributed by atoms with Crippen molar-refractivity contribution in [2.45, 2.75) is 37.8 Å². The van der Waals surface area contributed by atoms with Gasteiger partial charge in [0.15, 0.2) is 5.82 Å². The van der Waals surface area contributed by atoms with Gasteiger partial charge in [-0.1, -0.05) is 0 Å².